The van der Waals surface area contributed by atoms with E-state index in [4.69, 9.17) is 37.0 Å². The molecule has 0 aliphatic rings. The number of carbonyl (C=O) groups is 4. The fourth-order valence-electron chi connectivity index (χ4n) is 11.2. The average molecular weight is 1370 g/mol. The van der Waals surface area contributed by atoms with Crippen LogP contribution < -0.4 is 0 Å². The summed E-state index contributed by atoms with van der Waals surface area (Å²) in [6.45, 7) is 14.1. The minimum Gasteiger partial charge on any atom is -0.462 e. The largest absolute Gasteiger partial charge is 0.472 e. The molecule has 0 aromatic heterocycles. The molecule has 0 saturated carbocycles. The van der Waals surface area contributed by atoms with Crippen molar-refractivity contribution in [3.05, 3.63) is 0 Å². The normalized spacial score (nSPS) is 14.5. The van der Waals surface area contributed by atoms with Gasteiger partial charge in [0.15, 0.2) is 12.2 Å². The Balaban J connectivity index is 5.22. The number of hydrogen-bond donors (Lipinski definition) is 3. The predicted octanol–water partition coefficient (Wildman–Crippen LogP) is 21.3. The summed E-state index contributed by atoms with van der Waals surface area (Å²) < 4.78 is 68.4. The van der Waals surface area contributed by atoms with Gasteiger partial charge in [0.2, 0.25) is 0 Å². The summed E-state index contributed by atoms with van der Waals surface area (Å²) in [7, 11) is -9.91. The average Bonchev–Trinajstić information content (AvgIpc) is 1.88. The molecule has 4 unspecified atom stereocenters. The standard InChI is InChI=1S/C74H144O17P2/c1-9-67(8)53-45-37-32-33-39-47-55-72(77)85-61-70(91-74(79)56-48-40-29-23-19-14-12-10-11-13-17-21-26-34-42-50-64(2)3)63-89-93(82,83)87-59-68(75)58-86-92(80,81)88-62-69(60-84-71(76)54-46-38-31-25-28-36-44-52-66(6)7)90-73(78)57-49-41-30-24-20-16-15-18-22-27-35-43-51-65(4)5/h64-70,75H,9-63H2,1-8H3,(H,80,81)(H,82,83)/t67?,68?,69-,70-/m1/s1. The van der Waals surface area contributed by atoms with Crippen LogP contribution in [0.25, 0.3) is 0 Å². The van der Waals surface area contributed by atoms with Crippen LogP contribution in [0.4, 0.5) is 0 Å². The Bertz CT molecular complexity index is 1840. The molecule has 93 heavy (non-hydrogen) atoms. The third-order valence-corrected chi connectivity index (χ3v) is 19.3. The second-order valence-corrected chi connectivity index (χ2v) is 31.3. The lowest BCUT2D eigenvalue weighted by Crippen LogP contribution is -2.30. The van der Waals surface area contributed by atoms with Crippen molar-refractivity contribution >= 4 is 39.5 Å². The van der Waals surface area contributed by atoms with Crippen molar-refractivity contribution in [2.75, 3.05) is 39.6 Å². The zero-order valence-electron chi connectivity index (χ0n) is 60.9. The molecule has 3 N–H and O–H groups in total. The van der Waals surface area contributed by atoms with E-state index >= 15 is 0 Å². The number of esters is 4. The second-order valence-electron chi connectivity index (χ2n) is 28.4. The highest BCUT2D eigenvalue weighted by molar-refractivity contribution is 7.47. The predicted molar refractivity (Wildman–Crippen MR) is 377 cm³/mol. The zero-order chi connectivity index (χ0) is 68.9. The van der Waals surface area contributed by atoms with Crippen molar-refractivity contribution < 1.29 is 80.2 Å². The number of rotatable bonds is 71. The first-order valence-electron chi connectivity index (χ1n) is 38.2. The molecular formula is C74H144O17P2. The molecule has 0 aliphatic carbocycles. The molecule has 0 heterocycles. The highest BCUT2D eigenvalue weighted by Gasteiger charge is 2.30. The lowest BCUT2D eigenvalue weighted by molar-refractivity contribution is -0.161. The topological polar surface area (TPSA) is 237 Å². The molecule has 19 heteroatoms. The molecule has 0 aliphatic heterocycles. The molecule has 0 spiro atoms. The summed E-state index contributed by atoms with van der Waals surface area (Å²) in [5.74, 6) is 0.890. The molecule has 0 bridgehead atoms. The van der Waals surface area contributed by atoms with Crippen LogP contribution in [0.5, 0.6) is 0 Å². The Kier molecular flexibility index (Phi) is 62.2. The van der Waals surface area contributed by atoms with Crippen LogP contribution in [-0.2, 0) is 65.4 Å². The van der Waals surface area contributed by atoms with Gasteiger partial charge in [-0.1, -0.05) is 319 Å². The van der Waals surface area contributed by atoms with Gasteiger partial charge in [0, 0.05) is 25.7 Å². The van der Waals surface area contributed by atoms with Crippen LogP contribution in [-0.4, -0.2) is 96.7 Å². The van der Waals surface area contributed by atoms with E-state index in [1.807, 2.05) is 0 Å². The molecule has 6 atom stereocenters. The highest BCUT2D eigenvalue weighted by atomic mass is 31.2. The summed E-state index contributed by atoms with van der Waals surface area (Å²) in [4.78, 5) is 72.7. The number of unbranched alkanes of at least 4 members (excludes halogenated alkanes) is 36. The lowest BCUT2D eigenvalue weighted by atomic mass is 10.00. The van der Waals surface area contributed by atoms with Crippen molar-refractivity contribution in [3.8, 4) is 0 Å². The molecule has 0 amide bonds. The van der Waals surface area contributed by atoms with Gasteiger partial charge in [0.25, 0.3) is 0 Å². The van der Waals surface area contributed by atoms with Gasteiger partial charge >= 0.3 is 39.5 Å². The fraction of sp³-hybridized carbons (Fsp3) is 0.946. The van der Waals surface area contributed by atoms with E-state index in [-0.39, 0.29) is 25.7 Å². The first-order valence-corrected chi connectivity index (χ1v) is 41.2. The monoisotopic (exact) mass is 1370 g/mol. The van der Waals surface area contributed by atoms with Gasteiger partial charge in [-0.2, -0.15) is 0 Å². The second kappa shape index (κ2) is 63.5. The quantitative estimate of drug-likeness (QED) is 0.0222. The SMILES string of the molecule is CCC(C)CCCCCCCCC(=O)OC[C@H](COP(=O)(O)OCC(O)COP(=O)(O)OC[C@@H](COC(=O)CCCCCCCCCC(C)C)OC(=O)CCCCCCCCCCCCCCC(C)C)OC(=O)CCCCCCCCCCCCCCCCCC(C)C. The van der Waals surface area contributed by atoms with E-state index in [0.717, 1.165) is 120 Å². The lowest BCUT2D eigenvalue weighted by Gasteiger charge is -2.21. The molecule has 0 rings (SSSR count). The molecule has 0 radical (unpaired) electrons. The van der Waals surface area contributed by atoms with Gasteiger partial charge in [-0.05, 0) is 49.4 Å². The van der Waals surface area contributed by atoms with Crippen LogP contribution >= 0.6 is 15.6 Å². The third kappa shape index (κ3) is 67.0. The first-order chi connectivity index (χ1) is 44.6. The van der Waals surface area contributed by atoms with E-state index in [2.05, 4.69) is 55.4 Å². The number of aliphatic hydroxyl groups is 1. The molecule has 0 saturated heterocycles. The third-order valence-electron chi connectivity index (χ3n) is 17.4. The Morgan fingerprint density at radius 1 is 0.301 bits per heavy atom. The minimum atomic E-state index is -4.96. The van der Waals surface area contributed by atoms with E-state index in [1.54, 1.807) is 0 Å². The first kappa shape index (κ1) is 91.1. The van der Waals surface area contributed by atoms with Crippen LogP contribution in [0.1, 0.15) is 370 Å². The van der Waals surface area contributed by atoms with Crippen molar-refractivity contribution in [1.82, 2.24) is 0 Å². The molecule has 0 fully saturated rings. The summed E-state index contributed by atoms with van der Waals surface area (Å²) in [5, 5.41) is 10.6. The number of phosphoric acid groups is 2. The Morgan fingerprint density at radius 3 is 0.763 bits per heavy atom. The van der Waals surface area contributed by atoms with Gasteiger partial charge in [-0.25, -0.2) is 9.13 Å². The molecule has 0 aromatic rings. The number of hydrogen-bond acceptors (Lipinski definition) is 15. The van der Waals surface area contributed by atoms with Crippen LogP contribution in [0, 0.1) is 23.7 Å². The summed E-state index contributed by atoms with van der Waals surface area (Å²) in [6.07, 6.45) is 47.3. The van der Waals surface area contributed by atoms with E-state index in [1.165, 1.54) is 161 Å². The smallest absolute Gasteiger partial charge is 0.462 e. The molecule has 17 nitrogen and oxygen atoms in total. The van der Waals surface area contributed by atoms with Crippen molar-refractivity contribution in [3.63, 3.8) is 0 Å². The summed E-state index contributed by atoms with van der Waals surface area (Å²) in [5.41, 5.74) is 0. The number of carbonyl (C=O) groups excluding carboxylic acids is 4. The van der Waals surface area contributed by atoms with Gasteiger partial charge < -0.3 is 33.8 Å². The maximum Gasteiger partial charge on any atom is 0.472 e. The maximum absolute atomic E-state index is 13.0. The zero-order valence-corrected chi connectivity index (χ0v) is 62.7. The molecular weight excluding hydrogens is 1220 g/mol. The molecule has 0 aromatic carbocycles. The Hall–Kier alpha value is -1.94. The van der Waals surface area contributed by atoms with E-state index < -0.39 is 97.5 Å². The fourth-order valence-corrected chi connectivity index (χ4v) is 12.7. The Morgan fingerprint density at radius 2 is 0.516 bits per heavy atom. The highest BCUT2D eigenvalue weighted by Crippen LogP contribution is 2.45. The minimum absolute atomic E-state index is 0.105. The maximum atomic E-state index is 13.0. The molecule has 552 valence electrons. The Labute approximate surface area is 568 Å². The van der Waals surface area contributed by atoms with Crippen LogP contribution in [0.3, 0.4) is 0 Å². The van der Waals surface area contributed by atoms with Gasteiger partial charge in [-0.15, -0.1) is 0 Å². The van der Waals surface area contributed by atoms with Crippen LogP contribution in [0.15, 0.2) is 0 Å². The number of ether oxygens (including phenoxy) is 4. The van der Waals surface area contributed by atoms with Crippen molar-refractivity contribution in [2.45, 2.75) is 388 Å². The van der Waals surface area contributed by atoms with Gasteiger partial charge in [0.05, 0.1) is 26.4 Å². The van der Waals surface area contributed by atoms with Gasteiger partial charge in [0.1, 0.15) is 19.3 Å². The number of phosphoric ester groups is 2. The summed E-state index contributed by atoms with van der Waals surface area (Å²) in [6, 6.07) is 0. The van der Waals surface area contributed by atoms with Crippen molar-refractivity contribution in [2.24, 2.45) is 23.7 Å². The van der Waals surface area contributed by atoms with Crippen LogP contribution in [0.2, 0.25) is 0 Å². The van der Waals surface area contributed by atoms with E-state index in [9.17, 15) is 43.2 Å². The van der Waals surface area contributed by atoms with E-state index in [0.29, 0.717) is 31.6 Å². The number of aliphatic hydroxyl groups excluding tert-OH is 1. The van der Waals surface area contributed by atoms with Crippen molar-refractivity contribution in [1.29, 1.82) is 0 Å². The van der Waals surface area contributed by atoms with Gasteiger partial charge in [-0.3, -0.25) is 37.3 Å². The summed E-state index contributed by atoms with van der Waals surface area (Å²) >= 11 is 0.